The van der Waals surface area contributed by atoms with E-state index in [0.717, 1.165) is 17.2 Å². The zero-order valence-corrected chi connectivity index (χ0v) is 18.8. The van der Waals surface area contributed by atoms with Crippen molar-refractivity contribution in [3.8, 4) is 34.0 Å². The highest BCUT2D eigenvalue weighted by molar-refractivity contribution is 5.74. The molecule has 180 valence electrons. The normalized spacial score (nSPS) is 11.5. The highest BCUT2D eigenvalue weighted by Crippen LogP contribution is 2.40. The maximum atomic E-state index is 13.9. The number of hydrogen-bond acceptors (Lipinski definition) is 5. The predicted octanol–water partition coefficient (Wildman–Crippen LogP) is 5.61. The van der Waals surface area contributed by atoms with Crippen molar-refractivity contribution >= 4 is 5.97 Å². The third-order valence-electron chi connectivity index (χ3n) is 5.51. The molecule has 0 amide bonds. The molecule has 0 aliphatic rings. The molecule has 0 radical (unpaired) electrons. The van der Waals surface area contributed by atoms with E-state index in [1.54, 1.807) is 49.4 Å². The van der Waals surface area contributed by atoms with Crippen LogP contribution in [0.4, 0.5) is 13.2 Å². The number of nitrogens with zero attached hydrogens (tertiary/aromatic N) is 2. The fourth-order valence-electron chi connectivity index (χ4n) is 3.73. The maximum Gasteiger partial charge on any atom is 0.417 e. The largest absolute Gasteiger partial charge is 0.480 e. The van der Waals surface area contributed by atoms with Gasteiger partial charge in [0.1, 0.15) is 0 Å². The number of nitrogens with one attached hydrogen (secondary N) is 1. The van der Waals surface area contributed by atoms with Gasteiger partial charge in [0.2, 0.25) is 5.82 Å². The first-order valence-electron chi connectivity index (χ1n) is 10.9. The summed E-state index contributed by atoms with van der Waals surface area (Å²) in [7, 11) is 0. The Bertz CT molecular complexity index is 1330. The van der Waals surface area contributed by atoms with Gasteiger partial charge >= 0.3 is 12.1 Å². The van der Waals surface area contributed by atoms with Crippen molar-refractivity contribution in [2.24, 2.45) is 0 Å². The number of aryl methyl sites for hydroxylation is 1. The van der Waals surface area contributed by atoms with E-state index < -0.39 is 17.7 Å². The number of alkyl halides is 3. The molecular weight excluding hydrogens is 459 g/mol. The minimum absolute atomic E-state index is 0.0104. The number of benzene rings is 3. The van der Waals surface area contributed by atoms with Crippen LogP contribution in [-0.2, 0) is 17.4 Å². The van der Waals surface area contributed by atoms with Gasteiger partial charge in [-0.3, -0.25) is 4.79 Å². The van der Waals surface area contributed by atoms with E-state index in [0.29, 0.717) is 24.1 Å². The van der Waals surface area contributed by atoms with E-state index in [1.165, 1.54) is 6.07 Å². The Morgan fingerprint density at radius 1 is 1.00 bits per heavy atom. The number of carboxylic acid groups (broad SMARTS) is 1. The summed E-state index contributed by atoms with van der Waals surface area (Å²) in [6.45, 7) is 2.18. The Morgan fingerprint density at radius 3 is 2.40 bits per heavy atom. The molecule has 0 aliphatic carbocycles. The maximum absolute atomic E-state index is 13.9. The molecular formula is C26H22F3N3O3. The molecule has 1 heterocycles. The van der Waals surface area contributed by atoms with Gasteiger partial charge in [-0.25, -0.2) is 0 Å². The Kier molecular flexibility index (Phi) is 6.97. The molecule has 4 rings (SSSR count). The fourth-order valence-corrected chi connectivity index (χ4v) is 3.73. The van der Waals surface area contributed by atoms with Crippen LogP contribution in [0.3, 0.4) is 0 Å². The lowest BCUT2D eigenvalue weighted by Crippen LogP contribution is -2.24. The second-order valence-corrected chi connectivity index (χ2v) is 8.01. The fraction of sp³-hybridized carbons (Fsp3) is 0.192. The Balaban J connectivity index is 1.56. The second kappa shape index (κ2) is 10.1. The van der Waals surface area contributed by atoms with E-state index in [1.807, 2.05) is 12.1 Å². The summed E-state index contributed by atoms with van der Waals surface area (Å²) in [6, 6.07) is 18.2. The van der Waals surface area contributed by atoms with Crippen LogP contribution in [-0.4, -0.2) is 34.3 Å². The number of carboxylic acids is 1. The number of rotatable bonds is 8. The van der Waals surface area contributed by atoms with Gasteiger partial charge < -0.3 is 14.9 Å². The third kappa shape index (κ3) is 5.75. The van der Waals surface area contributed by atoms with Crippen LogP contribution < -0.4 is 5.32 Å². The Hall–Kier alpha value is -3.98. The quantitative estimate of drug-likeness (QED) is 0.318. The van der Waals surface area contributed by atoms with Crippen LogP contribution >= 0.6 is 0 Å². The summed E-state index contributed by atoms with van der Waals surface area (Å²) in [5, 5.41) is 15.4. The first-order chi connectivity index (χ1) is 16.7. The SMILES string of the molecule is Cc1ccccc1-c1ccc(-c2nc(-c3ccc(CCNCC(=O)O)cc3)no2)cc1C(F)(F)F. The molecule has 0 saturated carbocycles. The number of carbonyl (C=O) groups is 1. The van der Waals surface area contributed by atoms with Gasteiger partial charge in [0, 0.05) is 11.1 Å². The number of aliphatic carboxylic acids is 1. The average Bonchev–Trinajstić information content (AvgIpc) is 3.32. The zero-order chi connectivity index (χ0) is 25.0. The standard InChI is InChI=1S/C26H22F3N3O3/c1-16-4-2-3-5-20(16)21-11-10-19(14-22(21)26(27,28)29)25-31-24(32-35-25)18-8-6-17(7-9-18)12-13-30-15-23(33)34/h2-11,14,30H,12-13,15H2,1H3,(H,33,34). The molecule has 3 aromatic carbocycles. The number of hydrogen-bond donors (Lipinski definition) is 2. The molecule has 0 fully saturated rings. The number of halogens is 3. The van der Waals surface area contributed by atoms with Crippen molar-refractivity contribution in [1.82, 2.24) is 15.5 Å². The van der Waals surface area contributed by atoms with Gasteiger partial charge in [-0.2, -0.15) is 18.2 Å². The molecule has 0 atom stereocenters. The van der Waals surface area contributed by atoms with E-state index >= 15 is 0 Å². The van der Waals surface area contributed by atoms with Crippen LogP contribution in [0.15, 0.2) is 71.3 Å². The first-order valence-corrected chi connectivity index (χ1v) is 10.9. The molecule has 0 saturated heterocycles. The van der Waals surface area contributed by atoms with Gasteiger partial charge in [0.05, 0.1) is 12.1 Å². The smallest absolute Gasteiger partial charge is 0.417 e. The van der Waals surface area contributed by atoms with Crippen LogP contribution in [0.25, 0.3) is 34.0 Å². The van der Waals surface area contributed by atoms with Crippen LogP contribution in [0.1, 0.15) is 16.7 Å². The van der Waals surface area contributed by atoms with Crippen molar-refractivity contribution in [3.05, 3.63) is 83.4 Å². The first kappa shape index (κ1) is 24.2. The second-order valence-electron chi connectivity index (χ2n) is 8.01. The van der Waals surface area contributed by atoms with Gasteiger partial charge in [0.15, 0.2) is 0 Å². The van der Waals surface area contributed by atoms with Gasteiger partial charge in [-0.15, -0.1) is 0 Å². The molecule has 9 heteroatoms. The van der Waals surface area contributed by atoms with Crippen LogP contribution in [0.2, 0.25) is 0 Å². The molecule has 0 bridgehead atoms. The molecule has 6 nitrogen and oxygen atoms in total. The van der Waals surface area contributed by atoms with E-state index in [2.05, 4.69) is 15.5 Å². The molecule has 2 N–H and O–H groups in total. The highest BCUT2D eigenvalue weighted by atomic mass is 19.4. The summed E-state index contributed by atoms with van der Waals surface area (Å²) in [6.07, 6.45) is -3.93. The number of aromatic nitrogens is 2. The van der Waals surface area contributed by atoms with Crippen molar-refractivity contribution in [2.75, 3.05) is 13.1 Å². The van der Waals surface area contributed by atoms with E-state index in [-0.39, 0.29) is 29.4 Å². The lowest BCUT2D eigenvalue weighted by Gasteiger charge is -2.15. The van der Waals surface area contributed by atoms with E-state index in [9.17, 15) is 18.0 Å². The molecule has 0 spiro atoms. The van der Waals surface area contributed by atoms with Crippen molar-refractivity contribution in [3.63, 3.8) is 0 Å². The summed E-state index contributed by atoms with van der Waals surface area (Å²) in [4.78, 5) is 14.8. The van der Waals surface area contributed by atoms with Gasteiger partial charge in [-0.1, -0.05) is 59.8 Å². The summed E-state index contributed by atoms with van der Waals surface area (Å²) < 4.78 is 47.0. The van der Waals surface area contributed by atoms with Crippen molar-refractivity contribution < 1.29 is 27.6 Å². The molecule has 0 unspecified atom stereocenters. The summed E-state index contributed by atoms with van der Waals surface area (Å²) in [5.74, 6) is -0.670. The van der Waals surface area contributed by atoms with Crippen molar-refractivity contribution in [2.45, 2.75) is 19.5 Å². The lowest BCUT2D eigenvalue weighted by molar-refractivity contribution is -0.137. The van der Waals surface area contributed by atoms with Crippen LogP contribution in [0, 0.1) is 6.92 Å². The zero-order valence-electron chi connectivity index (χ0n) is 18.8. The topological polar surface area (TPSA) is 88.2 Å². The van der Waals surface area contributed by atoms with Crippen LogP contribution in [0.5, 0.6) is 0 Å². The predicted molar refractivity (Wildman–Crippen MR) is 125 cm³/mol. The molecule has 4 aromatic rings. The lowest BCUT2D eigenvalue weighted by atomic mass is 9.94. The molecule has 1 aromatic heterocycles. The summed E-state index contributed by atoms with van der Waals surface area (Å²) >= 11 is 0. The van der Waals surface area contributed by atoms with Crippen molar-refractivity contribution in [1.29, 1.82) is 0 Å². The average molecular weight is 481 g/mol. The Labute approximate surface area is 199 Å². The highest BCUT2D eigenvalue weighted by Gasteiger charge is 2.34. The minimum Gasteiger partial charge on any atom is -0.480 e. The molecule has 0 aliphatic heterocycles. The van der Waals surface area contributed by atoms with Gasteiger partial charge in [-0.05, 0) is 54.3 Å². The molecule has 35 heavy (non-hydrogen) atoms. The minimum atomic E-state index is -4.56. The summed E-state index contributed by atoms with van der Waals surface area (Å²) in [5.41, 5.74) is 2.38. The Morgan fingerprint density at radius 2 is 1.71 bits per heavy atom. The third-order valence-corrected chi connectivity index (χ3v) is 5.51. The van der Waals surface area contributed by atoms with Gasteiger partial charge in [0.25, 0.3) is 5.89 Å². The monoisotopic (exact) mass is 481 g/mol. The van der Waals surface area contributed by atoms with E-state index in [4.69, 9.17) is 9.63 Å².